The van der Waals surface area contributed by atoms with E-state index in [2.05, 4.69) is 15.3 Å². The molecule has 0 radical (unpaired) electrons. The smallest absolute Gasteiger partial charge is 0.475 e. The molecule has 5 rings (SSSR count). The van der Waals surface area contributed by atoms with Crippen LogP contribution in [-0.2, 0) is 19.4 Å². The number of nitrogens with one attached hydrogen (secondary N) is 1. The molecule has 46 heavy (non-hydrogen) atoms. The Morgan fingerprint density at radius 3 is 1.96 bits per heavy atom. The average molecular weight is 671 g/mol. The minimum atomic E-state index is -5.08. The van der Waals surface area contributed by atoms with Gasteiger partial charge in [-0.2, -0.15) is 26.3 Å². The number of carbonyl (C=O) groups is 3. The Kier molecular flexibility index (Phi) is 10.4. The zero-order chi connectivity index (χ0) is 34.4. The number of aromatic nitrogens is 3. The molecule has 0 fully saturated rings. The van der Waals surface area contributed by atoms with Gasteiger partial charge in [-0.3, -0.25) is 14.2 Å². The Morgan fingerprint density at radius 1 is 0.826 bits per heavy atom. The lowest BCUT2D eigenvalue weighted by Gasteiger charge is -2.07. The van der Waals surface area contributed by atoms with Crippen LogP contribution in [0.25, 0.3) is 27.7 Å². The van der Waals surface area contributed by atoms with Crippen molar-refractivity contribution in [2.24, 2.45) is 0 Å². The Bertz CT molecular complexity index is 1980. The SMILES string of the molecule is CS(=O)(=O)c1ccc(-c2nc(C(=O)Nc3cccc4cnccc34)c3ccccn23)cc1.O=C(O)C(F)(F)F.O=C(O)C(F)(F)F. The van der Waals surface area contributed by atoms with E-state index >= 15 is 0 Å². The number of alkyl halides is 6. The van der Waals surface area contributed by atoms with E-state index in [1.54, 1.807) is 36.7 Å². The fraction of sp³-hybridized carbons (Fsp3) is 0.107. The normalized spacial score (nSPS) is 11.5. The number of carboxylic acid groups (broad SMARTS) is 2. The molecule has 11 nitrogen and oxygen atoms in total. The number of hydrogen-bond acceptors (Lipinski definition) is 7. The lowest BCUT2D eigenvalue weighted by molar-refractivity contribution is -0.193. The first kappa shape index (κ1) is 35.0. The highest BCUT2D eigenvalue weighted by Gasteiger charge is 2.38. The molecule has 0 unspecified atom stereocenters. The number of sulfone groups is 1. The first-order valence-electron chi connectivity index (χ1n) is 12.3. The van der Waals surface area contributed by atoms with E-state index in [0.29, 0.717) is 22.6 Å². The summed E-state index contributed by atoms with van der Waals surface area (Å²) in [5.74, 6) is -5.30. The summed E-state index contributed by atoms with van der Waals surface area (Å²) in [5.41, 5.74) is 2.30. The van der Waals surface area contributed by atoms with Gasteiger partial charge in [0.2, 0.25) is 0 Å². The summed E-state index contributed by atoms with van der Waals surface area (Å²) >= 11 is 0. The zero-order valence-corrected chi connectivity index (χ0v) is 23.9. The summed E-state index contributed by atoms with van der Waals surface area (Å²) in [7, 11) is -3.30. The second-order valence-corrected chi connectivity index (χ2v) is 11.0. The molecule has 0 aliphatic rings. The van der Waals surface area contributed by atoms with E-state index in [0.717, 1.165) is 10.8 Å². The minimum absolute atomic E-state index is 0.227. The molecule has 0 bridgehead atoms. The fourth-order valence-corrected chi connectivity index (χ4v) is 4.30. The summed E-state index contributed by atoms with van der Waals surface area (Å²) < 4.78 is 88.8. The van der Waals surface area contributed by atoms with Crippen LogP contribution in [-0.4, -0.2) is 69.5 Å². The van der Waals surface area contributed by atoms with Crippen molar-refractivity contribution in [2.45, 2.75) is 17.2 Å². The molecule has 3 aromatic heterocycles. The van der Waals surface area contributed by atoms with Gasteiger partial charge in [0.25, 0.3) is 5.91 Å². The van der Waals surface area contributed by atoms with Crippen LogP contribution in [0, 0.1) is 0 Å². The quantitative estimate of drug-likeness (QED) is 0.210. The number of rotatable bonds is 4. The van der Waals surface area contributed by atoms with Crippen molar-refractivity contribution in [2.75, 3.05) is 11.6 Å². The number of amides is 1. The van der Waals surface area contributed by atoms with Crippen LogP contribution < -0.4 is 5.32 Å². The topological polar surface area (TPSA) is 168 Å². The Labute approximate surface area is 254 Å². The van der Waals surface area contributed by atoms with Crippen molar-refractivity contribution in [3.8, 4) is 11.4 Å². The minimum Gasteiger partial charge on any atom is -0.475 e. The number of aliphatic carboxylic acids is 2. The standard InChI is InChI=1S/C24H18N4O3S.2C2HF3O2/c1-32(30,31)18-10-8-16(9-11-18)23-27-22(21-7-2-3-14-28(21)23)24(29)26-20-6-4-5-17-15-25-13-12-19(17)20;2*3-2(4,5)1(6)7/h2-15H,1H3,(H,26,29);2*(H,6,7). The maximum absolute atomic E-state index is 13.2. The maximum Gasteiger partial charge on any atom is 0.490 e. The van der Waals surface area contributed by atoms with Crippen LogP contribution in [0.2, 0.25) is 0 Å². The second kappa shape index (κ2) is 13.6. The van der Waals surface area contributed by atoms with Crippen LogP contribution >= 0.6 is 0 Å². The van der Waals surface area contributed by atoms with Gasteiger partial charge >= 0.3 is 24.3 Å². The highest BCUT2D eigenvalue weighted by Crippen LogP contribution is 2.27. The van der Waals surface area contributed by atoms with E-state index in [1.807, 2.05) is 53.1 Å². The van der Waals surface area contributed by atoms with Gasteiger partial charge in [0.05, 0.1) is 10.4 Å². The van der Waals surface area contributed by atoms with Crippen molar-refractivity contribution in [3.05, 3.63) is 91.0 Å². The van der Waals surface area contributed by atoms with Gasteiger partial charge in [0.1, 0.15) is 5.82 Å². The summed E-state index contributed by atoms with van der Waals surface area (Å²) in [4.78, 5) is 40.0. The van der Waals surface area contributed by atoms with Gasteiger partial charge in [-0.15, -0.1) is 0 Å². The highest BCUT2D eigenvalue weighted by molar-refractivity contribution is 7.90. The first-order chi connectivity index (χ1) is 21.3. The Hall–Kier alpha value is -5.52. The number of carboxylic acids is 2. The molecular weight excluding hydrogens is 650 g/mol. The van der Waals surface area contributed by atoms with E-state index in [9.17, 15) is 39.6 Å². The first-order valence-corrected chi connectivity index (χ1v) is 14.2. The van der Waals surface area contributed by atoms with Crippen LogP contribution in [0.5, 0.6) is 0 Å². The number of benzene rings is 2. The molecule has 2 aromatic carbocycles. The Morgan fingerprint density at radius 2 is 1.41 bits per heavy atom. The number of halogens is 6. The van der Waals surface area contributed by atoms with Crippen molar-refractivity contribution >= 4 is 49.7 Å². The third kappa shape index (κ3) is 8.78. The Balaban J connectivity index is 0.000000345. The second-order valence-electron chi connectivity index (χ2n) is 9.00. The van der Waals surface area contributed by atoms with Gasteiger partial charge < -0.3 is 15.5 Å². The lowest BCUT2D eigenvalue weighted by atomic mass is 10.1. The van der Waals surface area contributed by atoms with Gasteiger partial charge in [-0.25, -0.2) is 23.0 Å². The van der Waals surface area contributed by atoms with Gasteiger partial charge in [-0.05, 0) is 48.5 Å². The molecule has 18 heteroatoms. The summed E-state index contributed by atoms with van der Waals surface area (Å²) in [6.45, 7) is 0. The number of anilines is 1. The molecule has 0 spiro atoms. The summed E-state index contributed by atoms with van der Waals surface area (Å²) in [5, 5.41) is 19.0. The molecule has 0 saturated carbocycles. The fourth-order valence-electron chi connectivity index (χ4n) is 3.67. The molecular formula is C28H20F6N4O7S. The third-order valence-corrected chi connectivity index (χ3v) is 6.85. The number of hydrogen-bond donors (Lipinski definition) is 3. The summed E-state index contributed by atoms with van der Waals surface area (Å²) in [6.07, 6.45) is -3.75. The van der Waals surface area contributed by atoms with E-state index in [-0.39, 0.29) is 16.5 Å². The van der Waals surface area contributed by atoms with Crippen LogP contribution in [0.15, 0.2) is 90.2 Å². The largest absolute Gasteiger partial charge is 0.490 e. The monoisotopic (exact) mass is 670 g/mol. The van der Waals surface area contributed by atoms with Crippen molar-refractivity contribution < 1.29 is 59.4 Å². The molecule has 0 atom stereocenters. The van der Waals surface area contributed by atoms with Crippen LogP contribution in [0.3, 0.4) is 0 Å². The predicted octanol–water partition coefficient (Wildman–Crippen LogP) is 5.47. The van der Waals surface area contributed by atoms with Crippen LogP contribution in [0.1, 0.15) is 10.5 Å². The number of imidazole rings is 1. The number of fused-ring (bicyclic) bond motifs is 2. The molecule has 3 N–H and O–H groups in total. The van der Waals surface area contributed by atoms with Gasteiger partial charge in [-0.1, -0.05) is 18.2 Å². The molecule has 1 amide bonds. The van der Waals surface area contributed by atoms with E-state index in [4.69, 9.17) is 19.8 Å². The third-order valence-electron chi connectivity index (χ3n) is 5.72. The molecule has 3 heterocycles. The molecule has 0 aliphatic heterocycles. The van der Waals surface area contributed by atoms with Crippen molar-refractivity contribution in [1.82, 2.24) is 14.4 Å². The van der Waals surface area contributed by atoms with Crippen molar-refractivity contribution in [1.29, 1.82) is 0 Å². The predicted molar refractivity (Wildman–Crippen MR) is 151 cm³/mol. The number of carbonyl (C=O) groups excluding carboxylic acids is 1. The molecule has 0 saturated heterocycles. The lowest BCUT2D eigenvalue weighted by Crippen LogP contribution is -2.21. The number of nitrogens with zero attached hydrogens (tertiary/aromatic N) is 3. The molecule has 5 aromatic rings. The molecule has 0 aliphatic carbocycles. The van der Waals surface area contributed by atoms with Crippen LogP contribution in [0.4, 0.5) is 32.0 Å². The van der Waals surface area contributed by atoms with E-state index in [1.165, 1.54) is 6.26 Å². The average Bonchev–Trinajstić information content (AvgIpc) is 3.37. The maximum atomic E-state index is 13.2. The highest BCUT2D eigenvalue weighted by atomic mass is 32.2. The molecule has 242 valence electrons. The van der Waals surface area contributed by atoms with E-state index < -0.39 is 34.1 Å². The van der Waals surface area contributed by atoms with Gasteiger partial charge in [0, 0.05) is 46.9 Å². The van der Waals surface area contributed by atoms with Gasteiger partial charge in [0.15, 0.2) is 15.5 Å². The number of pyridine rings is 2. The van der Waals surface area contributed by atoms with Crippen molar-refractivity contribution in [3.63, 3.8) is 0 Å². The summed E-state index contributed by atoms with van der Waals surface area (Å²) in [6, 6.07) is 19.5. The zero-order valence-electron chi connectivity index (χ0n) is 23.0.